The lowest BCUT2D eigenvalue weighted by atomic mass is 9.98. The van der Waals surface area contributed by atoms with E-state index in [9.17, 15) is 9.59 Å². The van der Waals surface area contributed by atoms with Crippen molar-refractivity contribution in [2.45, 2.75) is 78.4 Å². The number of para-hydroxylation sites is 1. The van der Waals surface area contributed by atoms with Crippen LogP contribution in [-0.4, -0.2) is 21.4 Å². The van der Waals surface area contributed by atoms with Gasteiger partial charge in [-0.15, -0.1) is 0 Å². The molecule has 3 aromatic carbocycles. The van der Waals surface area contributed by atoms with Crippen LogP contribution in [0.5, 0.6) is 5.75 Å². The Kier molecular flexibility index (Phi) is 10.2. The lowest BCUT2D eigenvalue weighted by molar-refractivity contribution is -0.137. The van der Waals surface area contributed by atoms with Gasteiger partial charge >= 0.3 is 5.97 Å². The van der Waals surface area contributed by atoms with E-state index in [2.05, 4.69) is 45.0 Å². The maximum atomic E-state index is 13.5. The summed E-state index contributed by atoms with van der Waals surface area (Å²) in [6, 6.07) is 24.0. The number of rotatable bonds is 15. The lowest BCUT2D eigenvalue weighted by Gasteiger charge is -2.20. The minimum Gasteiger partial charge on any atom is -0.486 e. The Hall–Kier alpha value is -3.86. The first-order valence-electron chi connectivity index (χ1n) is 14.6. The molecule has 1 N–H and O–H groups in total. The molecule has 0 amide bonds. The van der Waals surface area contributed by atoms with Crippen LogP contribution in [0.1, 0.15) is 92.4 Å². The first-order valence-corrected chi connectivity index (χ1v) is 14.6. The highest BCUT2D eigenvalue weighted by Crippen LogP contribution is 2.29. The third-order valence-electron chi connectivity index (χ3n) is 7.40. The number of carboxylic acids is 1. The fourth-order valence-electron chi connectivity index (χ4n) is 5.06. The predicted octanol–water partition coefficient (Wildman–Crippen LogP) is 8.64. The summed E-state index contributed by atoms with van der Waals surface area (Å²) in [7, 11) is 0. The van der Waals surface area contributed by atoms with Gasteiger partial charge in [0.15, 0.2) is 5.78 Å². The number of carboxylic acid groups (broad SMARTS) is 1. The van der Waals surface area contributed by atoms with Gasteiger partial charge in [-0.3, -0.25) is 9.59 Å². The number of aliphatic carboxylic acids is 1. The van der Waals surface area contributed by atoms with Crippen molar-refractivity contribution in [1.29, 1.82) is 0 Å². The first kappa shape index (κ1) is 29.1. The molecule has 4 rings (SSSR count). The smallest absolute Gasteiger partial charge is 0.303 e. The number of hydrogen-bond acceptors (Lipinski definition) is 3. The van der Waals surface area contributed by atoms with E-state index in [0.29, 0.717) is 30.0 Å². The van der Waals surface area contributed by atoms with E-state index in [1.165, 1.54) is 17.5 Å². The molecule has 0 aliphatic rings. The molecule has 0 bridgehead atoms. The van der Waals surface area contributed by atoms with Crippen LogP contribution >= 0.6 is 0 Å². The van der Waals surface area contributed by atoms with Crippen molar-refractivity contribution >= 4 is 22.7 Å². The van der Waals surface area contributed by atoms with Crippen LogP contribution in [0.25, 0.3) is 10.9 Å². The summed E-state index contributed by atoms with van der Waals surface area (Å²) >= 11 is 0. The molecule has 1 heterocycles. The molecule has 4 aromatic rings. The van der Waals surface area contributed by atoms with Crippen molar-refractivity contribution in [3.8, 4) is 5.75 Å². The highest BCUT2D eigenvalue weighted by molar-refractivity contribution is 6.16. The van der Waals surface area contributed by atoms with Crippen molar-refractivity contribution < 1.29 is 19.4 Å². The van der Waals surface area contributed by atoms with Gasteiger partial charge in [0, 0.05) is 41.2 Å². The third kappa shape index (κ3) is 7.62. The fourth-order valence-corrected chi connectivity index (χ4v) is 5.06. The normalized spacial score (nSPS) is 12.1. The molecule has 0 aliphatic heterocycles. The first-order chi connectivity index (χ1) is 19.4. The quantitative estimate of drug-likeness (QED) is 0.154. The second kappa shape index (κ2) is 14.0. The molecule has 1 atom stereocenters. The van der Waals surface area contributed by atoms with Gasteiger partial charge in [0.2, 0.25) is 0 Å². The summed E-state index contributed by atoms with van der Waals surface area (Å²) < 4.78 is 8.44. The molecule has 210 valence electrons. The molecule has 0 aliphatic carbocycles. The van der Waals surface area contributed by atoms with Crippen molar-refractivity contribution in [1.82, 2.24) is 4.57 Å². The van der Waals surface area contributed by atoms with Gasteiger partial charge in [-0.2, -0.15) is 0 Å². The van der Waals surface area contributed by atoms with Crippen molar-refractivity contribution in [3.05, 3.63) is 101 Å². The fraction of sp³-hybridized carbons (Fsp3) is 0.371. The largest absolute Gasteiger partial charge is 0.486 e. The van der Waals surface area contributed by atoms with E-state index in [0.717, 1.165) is 42.3 Å². The Labute approximate surface area is 237 Å². The van der Waals surface area contributed by atoms with Gasteiger partial charge in [-0.1, -0.05) is 69.7 Å². The third-order valence-corrected chi connectivity index (χ3v) is 7.40. The summed E-state index contributed by atoms with van der Waals surface area (Å²) in [5.74, 6) is 0.570. The van der Waals surface area contributed by atoms with Gasteiger partial charge in [0.05, 0.1) is 0 Å². The number of benzene rings is 3. The van der Waals surface area contributed by atoms with E-state index in [1.807, 2.05) is 59.3 Å². The van der Waals surface area contributed by atoms with Gasteiger partial charge in [0.25, 0.3) is 0 Å². The van der Waals surface area contributed by atoms with Gasteiger partial charge < -0.3 is 14.4 Å². The van der Waals surface area contributed by atoms with E-state index < -0.39 is 5.97 Å². The second-order valence-electron chi connectivity index (χ2n) is 11.0. The van der Waals surface area contributed by atoms with Gasteiger partial charge in [0.1, 0.15) is 11.9 Å². The molecule has 0 saturated carbocycles. The Morgan fingerprint density at radius 2 is 1.62 bits per heavy atom. The topological polar surface area (TPSA) is 68.5 Å². The summed E-state index contributed by atoms with van der Waals surface area (Å²) in [4.78, 5) is 24.5. The average Bonchev–Trinajstić information content (AvgIpc) is 3.33. The van der Waals surface area contributed by atoms with Crippen LogP contribution in [0, 0.1) is 5.92 Å². The zero-order valence-electron chi connectivity index (χ0n) is 23.9. The van der Waals surface area contributed by atoms with Crippen LogP contribution in [-0.2, 0) is 17.8 Å². The molecular formula is C35H41NO4. The number of unbranched alkanes of at least 4 members (excludes halogenated alkanes) is 1. The van der Waals surface area contributed by atoms with Crippen molar-refractivity contribution in [2.24, 2.45) is 5.92 Å². The number of carbonyl (C=O) groups is 2. The summed E-state index contributed by atoms with van der Waals surface area (Å²) in [5, 5.41) is 9.88. The Balaban J connectivity index is 1.49. The molecule has 0 saturated heterocycles. The zero-order chi connectivity index (χ0) is 28.5. The number of carbonyl (C=O) groups excluding carboxylic acids is 1. The summed E-state index contributed by atoms with van der Waals surface area (Å²) in [6.45, 7) is 7.25. The van der Waals surface area contributed by atoms with Crippen molar-refractivity contribution in [3.63, 3.8) is 0 Å². The number of fused-ring (bicyclic) bond motifs is 1. The van der Waals surface area contributed by atoms with Crippen LogP contribution in [0.3, 0.4) is 0 Å². The van der Waals surface area contributed by atoms with Gasteiger partial charge in [-0.05, 0) is 79.5 Å². The van der Waals surface area contributed by atoms with Crippen LogP contribution in [0.15, 0.2) is 79.0 Å². The standard InChI is InChI=1S/C35H41NO4/c1-4-5-11-33(27-17-15-26(16-18-27)14-13-25(2)3)40-29-21-19-28(20-22-29)35(39)31-24-36(23-8-12-34(37)38)32-10-7-6-9-30(31)32/h6-7,9-10,15-22,24-25,33H,4-5,8,11-14,23H2,1-3H3,(H,37,38). The Bertz CT molecular complexity index is 1400. The summed E-state index contributed by atoms with van der Waals surface area (Å²) in [6.07, 6.45) is 7.81. The SMILES string of the molecule is CCCCC(Oc1ccc(C(=O)c2cn(CCCC(=O)O)c3ccccc23)cc1)c1ccc(CCC(C)C)cc1. The van der Waals surface area contributed by atoms with Crippen LogP contribution in [0.2, 0.25) is 0 Å². The molecule has 5 heteroatoms. The van der Waals surface area contributed by atoms with Crippen LogP contribution < -0.4 is 4.74 Å². The van der Waals surface area contributed by atoms with E-state index >= 15 is 0 Å². The lowest BCUT2D eigenvalue weighted by Crippen LogP contribution is -2.08. The van der Waals surface area contributed by atoms with Gasteiger partial charge in [-0.25, -0.2) is 0 Å². The number of ether oxygens (including phenoxy) is 1. The highest BCUT2D eigenvalue weighted by Gasteiger charge is 2.18. The Morgan fingerprint density at radius 3 is 2.30 bits per heavy atom. The highest BCUT2D eigenvalue weighted by atomic mass is 16.5. The number of aromatic nitrogens is 1. The second-order valence-corrected chi connectivity index (χ2v) is 11.0. The Morgan fingerprint density at radius 1 is 0.900 bits per heavy atom. The number of nitrogens with zero attached hydrogens (tertiary/aromatic N) is 1. The molecule has 0 spiro atoms. The average molecular weight is 540 g/mol. The predicted molar refractivity (Wildman–Crippen MR) is 161 cm³/mol. The number of aryl methyl sites for hydroxylation is 2. The summed E-state index contributed by atoms with van der Waals surface area (Å²) in [5.41, 5.74) is 4.69. The maximum absolute atomic E-state index is 13.5. The van der Waals surface area contributed by atoms with E-state index in [-0.39, 0.29) is 18.3 Å². The molecule has 1 aromatic heterocycles. The number of hydrogen-bond donors (Lipinski definition) is 1. The molecule has 40 heavy (non-hydrogen) atoms. The monoisotopic (exact) mass is 539 g/mol. The minimum atomic E-state index is -0.814. The van der Waals surface area contributed by atoms with E-state index in [4.69, 9.17) is 9.84 Å². The number of ketones is 1. The molecule has 0 radical (unpaired) electrons. The molecular weight excluding hydrogens is 498 g/mol. The van der Waals surface area contributed by atoms with E-state index in [1.54, 1.807) is 0 Å². The molecule has 5 nitrogen and oxygen atoms in total. The zero-order valence-corrected chi connectivity index (χ0v) is 23.9. The van der Waals surface area contributed by atoms with Crippen LogP contribution in [0.4, 0.5) is 0 Å². The molecule has 1 unspecified atom stereocenters. The maximum Gasteiger partial charge on any atom is 0.303 e. The van der Waals surface area contributed by atoms with Crippen molar-refractivity contribution in [2.75, 3.05) is 0 Å². The minimum absolute atomic E-state index is 0.0376. The molecule has 0 fully saturated rings.